The molecule has 0 radical (unpaired) electrons. The van der Waals surface area contributed by atoms with E-state index in [1.807, 2.05) is 35.2 Å². The number of anilines is 1. The van der Waals surface area contributed by atoms with Crippen molar-refractivity contribution in [3.63, 3.8) is 0 Å². The summed E-state index contributed by atoms with van der Waals surface area (Å²) in [6.07, 6.45) is 1.94. The Kier molecular flexibility index (Phi) is 4.79. The fourth-order valence-corrected chi connectivity index (χ4v) is 4.05. The minimum atomic E-state index is -0.202. The maximum Gasteiger partial charge on any atom is 0.253 e. The van der Waals surface area contributed by atoms with Crippen LogP contribution in [-0.4, -0.2) is 42.6 Å². The summed E-state index contributed by atoms with van der Waals surface area (Å²) in [5, 5.41) is 0. The Morgan fingerprint density at radius 1 is 1.04 bits per heavy atom. The number of carbonyl (C=O) groups is 1. The normalized spacial score (nSPS) is 20.5. The van der Waals surface area contributed by atoms with E-state index in [0.29, 0.717) is 6.54 Å². The summed E-state index contributed by atoms with van der Waals surface area (Å²) in [5.74, 6) is 0.0593. The third-order valence-electron chi connectivity index (χ3n) is 5.57. The number of hydrogen-bond acceptors (Lipinski definition) is 3. The number of aryl methyl sites for hydroxylation is 1. The number of piperidine rings is 1. The largest absolute Gasteiger partial charge is 0.363 e. The van der Waals surface area contributed by atoms with Crippen LogP contribution in [0.3, 0.4) is 0 Å². The molecule has 0 saturated carbocycles. The summed E-state index contributed by atoms with van der Waals surface area (Å²) in [6.45, 7) is 5.98. The van der Waals surface area contributed by atoms with Gasteiger partial charge in [-0.2, -0.15) is 0 Å². The van der Waals surface area contributed by atoms with Gasteiger partial charge in [-0.15, -0.1) is 0 Å². The summed E-state index contributed by atoms with van der Waals surface area (Å²) in [4.78, 5) is 16.7. The van der Waals surface area contributed by atoms with E-state index in [1.165, 1.54) is 11.1 Å². The third kappa shape index (κ3) is 3.67. The lowest BCUT2D eigenvalue weighted by Crippen LogP contribution is -2.58. The zero-order valence-electron chi connectivity index (χ0n) is 15.4. The summed E-state index contributed by atoms with van der Waals surface area (Å²) >= 11 is 0. The molecule has 0 bridgehead atoms. The first-order valence-electron chi connectivity index (χ1n) is 9.41. The van der Waals surface area contributed by atoms with Crippen LogP contribution >= 0.6 is 0 Å². The molecule has 2 aromatic rings. The smallest absolute Gasteiger partial charge is 0.253 e. The zero-order valence-corrected chi connectivity index (χ0v) is 15.4. The van der Waals surface area contributed by atoms with Crippen LogP contribution in [0.15, 0.2) is 54.6 Å². The molecule has 4 rings (SSSR count). The Balaban J connectivity index is 1.40. The van der Waals surface area contributed by atoms with Crippen LogP contribution in [-0.2, 0) is 16.1 Å². The van der Waals surface area contributed by atoms with Gasteiger partial charge in [0.2, 0.25) is 0 Å². The van der Waals surface area contributed by atoms with Crippen LogP contribution in [0.4, 0.5) is 5.69 Å². The molecular weight excluding hydrogens is 324 g/mol. The Morgan fingerprint density at radius 3 is 2.54 bits per heavy atom. The summed E-state index contributed by atoms with van der Waals surface area (Å²) < 4.78 is 6.07. The van der Waals surface area contributed by atoms with Gasteiger partial charge >= 0.3 is 0 Å². The van der Waals surface area contributed by atoms with Crippen molar-refractivity contribution in [2.45, 2.75) is 31.9 Å². The maximum absolute atomic E-state index is 12.3. The fraction of sp³-hybridized carbons (Fsp3) is 0.409. The molecule has 4 heteroatoms. The number of carbonyl (C=O) groups excluding carboxylic acids is 1. The van der Waals surface area contributed by atoms with Crippen LogP contribution in [0.1, 0.15) is 24.0 Å². The SMILES string of the molecule is Cc1cccc(CN2CCC3(CC2)CN(c2ccccc2)C(=O)CO3)c1. The highest BCUT2D eigenvalue weighted by Gasteiger charge is 2.42. The molecule has 2 heterocycles. The van der Waals surface area contributed by atoms with Gasteiger partial charge in [-0.1, -0.05) is 48.0 Å². The molecular formula is C22H26N2O2. The Labute approximate surface area is 155 Å². The van der Waals surface area contributed by atoms with Gasteiger partial charge < -0.3 is 9.64 Å². The average molecular weight is 350 g/mol. The van der Waals surface area contributed by atoms with Crippen molar-refractivity contribution in [3.05, 3.63) is 65.7 Å². The van der Waals surface area contributed by atoms with Crippen molar-refractivity contribution in [3.8, 4) is 0 Å². The molecule has 136 valence electrons. The van der Waals surface area contributed by atoms with Crippen LogP contribution < -0.4 is 4.90 Å². The number of ether oxygens (including phenoxy) is 1. The molecule has 0 atom stereocenters. The first-order chi connectivity index (χ1) is 12.6. The van der Waals surface area contributed by atoms with E-state index in [0.717, 1.165) is 38.2 Å². The number of hydrogen-bond donors (Lipinski definition) is 0. The van der Waals surface area contributed by atoms with E-state index >= 15 is 0 Å². The maximum atomic E-state index is 12.3. The molecule has 0 N–H and O–H groups in total. The predicted octanol–water partition coefficient (Wildman–Crippen LogP) is 3.39. The standard InChI is InChI=1S/C22H26N2O2/c1-18-6-5-7-19(14-18)15-23-12-10-22(11-13-23)17-24(21(25)16-26-22)20-8-3-2-4-9-20/h2-9,14H,10-13,15-17H2,1H3. The van der Waals surface area contributed by atoms with Gasteiger partial charge in [-0.05, 0) is 37.5 Å². The topological polar surface area (TPSA) is 32.8 Å². The molecule has 26 heavy (non-hydrogen) atoms. The monoisotopic (exact) mass is 350 g/mol. The lowest BCUT2D eigenvalue weighted by atomic mass is 9.88. The molecule has 2 aliphatic heterocycles. The third-order valence-corrected chi connectivity index (χ3v) is 5.57. The molecule has 2 aromatic carbocycles. The van der Waals surface area contributed by atoms with Crippen molar-refractivity contribution in [1.82, 2.24) is 4.90 Å². The second-order valence-electron chi connectivity index (χ2n) is 7.55. The van der Waals surface area contributed by atoms with Crippen molar-refractivity contribution in [2.24, 2.45) is 0 Å². The lowest BCUT2D eigenvalue weighted by molar-refractivity contribution is -0.144. The average Bonchev–Trinajstić information content (AvgIpc) is 2.67. The summed E-state index contributed by atoms with van der Waals surface area (Å²) in [6, 6.07) is 18.7. The number of amides is 1. The molecule has 4 nitrogen and oxygen atoms in total. The highest BCUT2D eigenvalue weighted by atomic mass is 16.5. The van der Waals surface area contributed by atoms with E-state index < -0.39 is 0 Å². The number of morpholine rings is 1. The van der Waals surface area contributed by atoms with Crippen LogP contribution in [0.5, 0.6) is 0 Å². The Bertz CT molecular complexity index is 767. The van der Waals surface area contributed by atoms with E-state index in [9.17, 15) is 4.79 Å². The van der Waals surface area contributed by atoms with E-state index in [2.05, 4.69) is 36.1 Å². The van der Waals surface area contributed by atoms with Gasteiger partial charge in [0, 0.05) is 25.3 Å². The highest BCUT2D eigenvalue weighted by Crippen LogP contribution is 2.33. The van der Waals surface area contributed by atoms with Crippen molar-refractivity contribution < 1.29 is 9.53 Å². The minimum Gasteiger partial charge on any atom is -0.363 e. The Morgan fingerprint density at radius 2 is 1.81 bits per heavy atom. The van der Waals surface area contributed by atoms with Gasteiger partial charge in [0.1, 0.15) is 6.61 Å². The van der Waals surface area contributed by atoms with Crippen molar-refractivity contribution in [1.29, 1.82) is 0 Å². The molecule has 1 spiro atoms. The van der Waals surface area contributed by atoms with Gasteiger partial charge in [-0.25, -0.2) is 0 Å². The van der Waals surface area contributed by atoms with E-state index in [4.69, 9.17) is 4.74 Å². The molecule has 0 aliphatic carbocycles. The van der Waals surface area contributed by atoms with Gasteiger partial charge in [-0.3, -0.25) is 9.69 Å². The first-order valence-corrected chi connectivity index (χ1v) is 9.41. The molecule has 2 saturated heterocycles. The van der Waals surface area contributed by atoms with E-state index in [1.54, 1.807) is 0 Å². The molecule has 0 aromatic heterocycles. The van der Waals surface area contributed by atoms with Crippen molar-refractivity contribution in [2.75, 3.05) is 31.1 Å². The zero-order chi connectivity index (χ0) is 18.0. The molecule has 0 unspecified atom stereocenters. The summed E-state index contributed by atoms with van der Waals surface area (Å²) in [7, 11) is 0. The number of benzene rings is 2. The van der Waals surface area contributed by atoms with Gasteiger partial charge in [0.15, 0.2) is 0 Å². The molecule has 2 fully saturated rings. The number of rotatable bonds is 3. The quantitative estimate of drug-likeness (QED) is 0.851. The highest BCUT2D eigenvalue weighted by molar-refractivity contribution is 5.95. The van der Waals surface area contributed by atoms with Crippen LogP contribution in [0, 0.1) is 6.92 Å². The number of likely N-dealkylation sites (tertiary alicyclic amines) is 1. The second kappa shape index (κ2) is 7.22. The van der Waals surface area contributed by atoms with Crippen LogP contribution in [0.25, 0.3) is 0 Å². The Hall–Kier alpha value is -2.17. The first kappa shape index (κ1) is 17.3. The van der Waals surface area contributed by atoms with E-state index in [-0.39, 0.29) is 18.1 Å². The fourth-order valence-electron chi connectivity index (χ4n) is 4.05. The van der Waals surface area contributed by atoms with Gasteiger partial charge in [0.05, 0.1) is 12.1 Å². The molecule has 1 amide bonds. The predicted molar refractivity (Wildman–Crippen MR) is 103 cm³/mol. The summed E-state index contributed by atoms with van der Waals surface area (Å²) in [5.41, 5.74) is 3.45. The van der Waals surface area contributed by atoms with Crippen molar-refractivity contribution >= 4 is 11.6 Å². The second-order valence-corrected chi connectivity index (χ2v) is 7.55. The van der Waals surface area contributed by atoms with Crippen LogP contribution in [0.2, 0.25) is 0 Å². The lowest BCUT2D eigenvalue weighted by Gasteiger charge is -2.47. The number of nitrogens with zero attached hydrogens (tertiary/aromatic N) is 2. The number of para-hydroxylation sites is 1. The van der Waals surface area contributed by atoms with Gasteiger partial charge in [0.25, 0.3) is 5.91 Å². The minimum absolute atomic E-state index is 0.0593. The molecule has 2 aliphatic rings.